The minimum absolute atomic E-state index is 0.000930. The fourth-order valence-corrected chi connectivity index (χ4v) is 2.56. The average molecular weight is 333 g/mol. The first kappa shape index (κ1) is 18.0. The van der Waals surface area contributed by atoms with Gasteiger partial charge in [-0.05, 0) is 49.2 Å². The normalized spacial score (nSPS) is 9.76. The van der Waals surface area contributed by atoms with E-state index < -0.39 is 0 Å². The van der Waals surface area contributed by atoms with Crippen LogP contribution >= 0.6 is 0 Å². The van der Waals surface area contributed by atoms with E-state index in [1.165, 1.54) is 0 Å². The molecule has 0 saturated heterocycles. The fraction of sp³-hybridized carbons (Fsp3) is 0.250. The SMILES string of the molecule is CCOC(=O)CN(c1cccc(C#N)c1)c1ccc(CC)c(C#N)c1. The van der Waals surface area contributed by atoms with Crippen LogP contribution < -0.4 is 4.90 Å². The monoisotopic (exact) mass is 333 g/mol. The molecule has 0 aliphatic rings. The summed E-state index contributed by atoms with van der Waals surface area (Å²) in [5, 5.41) is 18.5. The minimum Gasteiger partial charge on any atom is -0.465 e. The number of rotatable bonds is 6. The lowest BCUT2D eigenvalue weighted by atomic mass is 10.0. The maximum atomic E-state index is 12.0. The van der Waals surface area contributed by atoms with Crippen molar-refractivity contribution in [2.75, 3.05) is 18.1 Å². The third-order valence-corrected chi connectivity index (χ3v) is 3.79. The van der Waals surface area contributed by atoms with Gasteiger partial charge in [0.05, 0.1) is 29.9 Å². The van der Waals surface area contributed by atoms with E-state index in [0.717, 1.165) is 12.0 Å². The van der Waals surface area contributed by atoms with E-state index in [0.29, 0.717) is 29.1 Å². The average Bonchev–Trinajstić information content (AvgIpc) is 2.65. The molecule has 0 atom stereocenters. The summed E-state index contributed by atoms with van der Waals surface area (Å²) in [7, 11) is 0. The summed E-state index contributed by atoms with van der Waals surface area (Å²) in [6.07, 6.45) is 0.755. The molecule has 2 aromatic carbocycles. The smallest absolute Gasteiger partial charge is 0.325 e. The van der Waals surface area contributed by atoms with E-state index >= 15 is 0 Å². The van der Waals surface area contributed by atoms with Crippen molar-refractivity contribution in [3.8, 4) is 12.1 Å². The van der Waals surface area contributed by atoms with Crippen molar-refractivity contribution < 1.29 is 9.53 Å². The Kier molecular flexibility index (Phi) is 6.14. The number of hydrogen-bond donors (Lipinski definition) is 0. The van der Waals surface area contributed by atoms with Crippen LogP contribution in [0, 0.1) is 22.7 Å². The largest absolute Gasteiger partial charge is 0.465 e. The molecule has 5 heteroatoms. The Bertz CT molecular complexity index is 847. The Morgan fingerprint density at radius 3 is 2.48 bits per heavy atom. The lowest BCUT2D eigenvalue weighted by Crippen LogP contribution is -2.27. The maximum absolute atomic E-state index is 12.0. The molecule has 5 nitrogen and oxygen atoms in total. The van der Waals surface area contributed by atoms with Gasteiger partial charge < -0.3 is 9.64 Å². The number of ether oxygens (including phenoxy) is 1. The molecule has 0 heterocycles. The van der Waals surface area contributed by atoms with Gasteiger partial charge in [-0.25, -0.2) is 0 Å². The molecule has 0 saturated carbocycles. The third kappa shape index (κ3) is 4.37. The summed E-state index contributed by atoms with van der Waals surface area (Å²) in [5.74, 6) is -0.372. The van der Waals surface area contributed by atoms with Crippen molar-refractivity contribution >= 4 is 17.3 Å². The first-order chi connectivity index (χ1) is 12.1. The summed E-state index contributed by atoms with van der Waals surface area (Å²) in [6, 6.07) is 16.8. The van der Waals surface area contributed by atoms with E-state index in [9.17, 15) is 10.1 Å². The Balaban J connectivity index is 2.49. The lowest BCUT2D eigenvalue weighted by molar-refractivity contribution is -0.141. The van der Waals surface area contributed by atoms with Gasteiger partial charge in [-0.3, -0.25) is 4.79 Å². The van der Waals surface area contributed by atoms with Crippen LogP contribution in [0.2, 0.25) is 0 Å². The number of anilines is 2. The summed E-state index contributed by atoms with van der Waals surface area (Å²) in [4.78, 5) is 13.8. The molecule has 25 heavy (non-hydrogen) atoms. The standard InChI is InChI=1S/C20H19N3O2/c1-3-16-8-9-19(11-17(16)13-22)23(14-20(24)25-4-2)18-7-5-6-15(10-18)12-21/h5-11H,3-4,14H2,1-2H3. The predicted octanol–water partition coefficient (Wildman–Crippen LogP) is 3.69. The number of benzene rings is 2. The molecule has 2 aromatic rings. The van der Waals surface area contributed by atoms with Crippen molar-refractivity contribution in [2.24, 2.45) is 0 Å². The lowest BCUT2D eigenvalue weighted by Gasteiger charge is -2.24. The first-order valence-corrected chi connectivity index (χ1v) is 8.09. The zero-order valence-corrected chi connectivity index (χ0v) is 14.3. The minimum atomic E-state index is -0.372. The molecule has 0 aliphatic carbocycles. The molecular formula is C20H19N3O2. The summed E-state index contributed by atoms with van der Waals surface area (Å²) < 4.78 is 5.06. The van der Waals surface area contributed by atoms with Gasteiger partial charge in [-0.1, -0.05) is 19.1 Å². The van der Waals surface area contributed by atoms with E-state index in [4.69, 9.17) is 10.00 Å². The van der Waals surface area contributed by atoms with Gasteiger partial charge in [0, 0.05) is 11.4 Å². The second kappa shape index (κ2) is 8.52. The summed E-state index contributed by atoms with van der Waals surface area (Å²) in [5.41, 5.74) is 3.42. The van der Waals surface area contributed by atoms with Gasteiger partial charge in [0.15, 0.2) is 0 Å². The van der Waals surface area contributed by atoms with Gasteiger partial charge in [-0.15, -0.1) is 0 Å². The van der Waals surface area contributed by atoms with Crippen molar-refractivity contribution in [1.82, 2.24) is 0 Å². The van der Waals surface area contributed by atoms with Crippen LogP contribution in [0.3, 0.4) is 0 Å². The molecule has 0 bridgehead atoms. The Morgan fingerprint density at radius 1 is 1.08 bits per heavy atom. The number of nitriles is 2. The van der Waals surface area contributed by atoms with E-state index in [2.05, 4.69) is 12.1 Å². The van der Waals surface area contributed by atoms with Crippen molar-refractivity contribution in [3.05, 3.63) is 59.2 Å². The van der Waals surface area contributed by atoms with Gasteiger partial charge in [0.25, 0.3) is 0 Å². The number of nitrogens with zero attached hydrogens (tertiary/aromatic N) is 3. The Labute approximate surface area is 147 Å². The second-order valence-corrected chi connectivity index (χ2v) is 5.36. The van der Waals surface area contributed by atoms with Crippen LogP contribution in [0.4, 0.5) is 11.4 Å². The van der Waals surface area contributed by atoms with Crippen LogP contribution in [0.15, 0.2) is 42.5 Å². The van der Waals surface area contributed by atoms with Crippen molar-refractivity contribution in [2.45, 2.75) is 20.3 Å². The second-order valence-electron chi connectivity index (χ2n) is 5.36. The summed E-state index contributed by atoms with van der Waals surface area (Å²) >= 11 is 0. The topological polar surface area (TPSA) is 77.1 Å². The van der Waals surface area contributed by atoms with Crippen LogP contribution in [-0.4, -0.2) is 19.1 Å². The van der Waals surface area contributed by atoms with Gasteiger partial charge in [-0.2, -0.15) is 10.5 Å². The molecule has 0 unspecified atom stereocenters. The van der Waals surface area contributed by atoms with Crippen molar-refractivity contribution in [1.29, 1.82) is 10.5 Å². The molecule has 0 amide bonds. The third-order valence-electron chi connectivity index (χ3n) is 3.79. The highest BCUT2D eigenvalue weighted by molar-refractivity contribution is 5.80. The fourth-order valence-electron chi connectivity index (χ4n) is 2.56. The molecule has 0 fully saturated rings. The van der Waals surface area contributed by atoms with E-state index in [1.54, 1.807) is 36.1 Å². The van der Waals surface area contributed by atoms with Gasteiger partial charge >= 0.3 is 5.97 Å². The molecule has 0 aliphatic heterocycles. The highest BCUT2D eigenvalue weighted by Gasteiger charge is 2.16. The van der Waals surface area contributed by atoms with Crippen LogP contribution in [0.25, 0.3) is 0 Å². The van der Waals surface area contributed by atoms with Gasteiger partial charge in [0.1, 0.15) is 6.54 Å². The molecule has 0 N–H and O–H groups in total. The zero-order valence-electron chi connectivity index (χ0n) is 14.3. The predicted molar refractivity (Wildman–Crippen MR) is 95.3 cm³/mol. The number of esters is 1. The number of aryl methyl sites for hydroxylation is 1. The van der Waals surface area contributed by atoms with Crippen LogP contribution in [0.1, 0.15) is 30.5 Å². The highest BCUT2D eigenvalue weighted by atomic mass is 16.5. The molecule has 0 aromatic heterocycles. The molecular weight excluding hydrogens is 314 g/mol. The Morgan fingerprint density at radius 2 is 1.84 bits per heavy atom. The number of hydrogen-bond acceptors (Lipinski definition) is 5. The van der Waals surface area contributed by atoms with Crippen LogP contribution in [-0.2, 0) is 16.0 Å². The van der Waals surface area contributed by atoms with Crippen molar-refractivity contribution in [3.63, 3.8) is 0 Å². The molecule has 0 radical (unpaired) electrons. The maximum Gasteiger partial charge on any atom is 0.325 e. The highest BCUT2D eigenvalue weighted by Crippen LogP contribution is 2.28. The molecule has 2 rings (SSSR count). The Hall–Kier alpha value is -3.31. The molecule has 126 valence electrons. The van der Waals surface area contributed by atoms with Gasteiger partial charge in [0.2, 0.25) is 0 Å². The van der Waals surface area contributed by atoms with E-state index in [-0.39, 0.29) is 12.5 Å². The van der Waals surface area contributed by atoms with E-state index in [1.807, 2.05) is 25.1 Å². The van der Waals surface area contributed by atoms with Crippen LogP contribution in [0.5, 0.6) is 0 Å². The first-order valence-electron chi connectivity index (χ1n) is 8.09. The summed E-state index contributed by atoms with van der Waals surface area (Å²) in [6.45, 7) is 4.03. The zero-order chi connectivity index (χ0) is 18.2. The number of carbonyl (C=O) groups excluding carboxylic acids is 1. The quantitative estimate of drug-likeness (QED) is 0.753. The molecule has 0 spiro atoms. The number of carbonyl (C=O) groups is 1.